The van der Waals surface area contributed by atoms with Crippen molar-refractivity contribution in [3.63, 3.8) is 0 Å². The monoisotopic (exact) mass is 499 g/mol. The maximum atomic E-state index is 14.3. The lowest BCUT2D eigenvalue weighted by atomic mass is 10.2. The fraction of sp³-hybridized carbons (Fsp3) is 0.263. The third-order valence-corrected chi connectivity index (χ3v) is 5.03. The largest absolute Gasteiger partial charge is 0.352 e. The van der Waals surface area contributed by atoms with Gasteiger partial charge in [-0.25, -0.2) is 9.37 Å². The van der Waals surface area contributed by atoms with E-state index >= 15 is 0 Å². The van der Waals surface area contributed by atoms with Crippen molar-refractivity contribution in [1.29, 1.82) is 0 Å². The summed E-state index contributed by atoms with van der Waals surface area (Å²) in [5, 5.41) is 5.38. The summed E-state index contributed by atoms with van der Waals surface area (Å²) in [6.07, 6.45) is 5.91. The van der Waals surface area contributed by atoms with Crippen LogP contribution in [-0.2, 0) is 13.0 Å². The van der Waals surface area contributed by atoms with Crippen LogP contribution in [0.25, 0.3) is 5.69 Å². The molecule has 5 nitrogen and oxygen atoms in total. The van der Waals surface area contributed by atoms with Gasteiger partial charge >= 0.3 is 0 Å². The van der Waals surface area contributed by atoms with E-state index in [4.69, 9.17) is 0 Å². The van der Waals surface area contributed by atoms with E-state index in [-0.39, 0.29) is 29.8 Å². The van der Waals surface area contributed by atoms with Crippen molar-refractivity contribution in [3.05, 3.63) is 70.7 Å². The van der Waals surface area contributed by atoms with Gasteiger partial charge in [0.25, 0.3) is 0 Å². The van der Waals surface area contributed by atoms with E-state index < -0.39 is 0 Å². The molecular formula is C19H23FIN5S. The first kappa shape index (κ1) is 21.4. The molecule has 0 spiro atoms. The molecule has 144 valence electrons. The summed E-state index contributed by atoms with van der Waals surface area (Å²) < 4.78 is 16.0. The SMILES string of the molecule is CN=C(NCc1ccc(-n2ccnc2)c(F)c1)N(C)CCc1cccs1.I. The van der Waals surface area contributed by atoms with Crippen LogP contribution in [0, 0.1) is 5.82 Å². The molecule has 0 aliphatic carbocycles. The van der Waals surface area contributed by atoms with Crippen LogP contribution in [0.4, 0.5) is 4.39 Å². The Morgan fingerprint density at radius 1 is 1.37 bits per heavy atom. The fourth-order valence-electron chi connectivity index (χ4n) is 2.68. The summed E-state index contributed by atoms with van der Waals surface area (Å²) in [4.78, 5) is 11.7. The molecule has 3 rings (SSSR count). The number of benzene rings is 1. The number of nitrogens with one attached hydrogen (secondary N) is 1. The molecule has 0 saturated carbocycles. The van der Waals surface area contributed by atoms with E-state index in [9.17, 15) is 4.39 Å². The molecule has 0 saturated heterocycles. The van der Waals surface area contributed by atoms with Crippen molar-refractivity contribution in [2.75, 3.05) is 20.6 Å². The minimum absolute atomic E-state index is 0. The number of likely N-dealkylation sites (N-methyl/N-ethyl adjacent to an activating group) is 1. The zero-order valence-electron chi connectivity index (χ0n) is 15.3. The van der Waals surface area contributed by atoms with Crippen molar-refractivity contribution >= 4 is 41.3 Å². The van der Waals surface area contributed by atoms with Gasteiger partial charge in [-0.2, -0.15) is 0 Å². The number of rotatable bonds is 6. The molecule has 0 unspecified atom stereocenters. The maximum Gasteiger partial charge on any atom is 0.193 e. The van der Waals surface area contributed by atoms with Crippen molar-refractivity contribution < 1.29 is 4.39 Å². The smallest absolute Gasteiger partial charge is 0.193 e. The van der Waals surface area contributed by atoms with Crippen molar-refractivity contribution in [1.82, 2.24) is 19.8 Å². The predicted octanol–water partition coefficient (Wildman–Crippen LogP) is 3.94. The molecule has 0 amide bonds. The summed E-state index contributed by atoms with van der Waals surface area (Å²) in [5.41, 5.74) is 1.35. The van der Waals surface area contributed by atoms with E-state index in [1.165, 1.54) is 4.88 Å². The van der Waals surface area contributed by atoms with Crippen LogP contribution < -0.4 is 5.32 Å². The van der Waals surface area contributed by atoms with Crippen LogP contribution in [0.3, 0.4) is 0 Å². The molecule has 0 aliphatic rings. The van der Waals surface area contributed by atoms with E-state index in [2.05, 4.69) is 37.7 Å². The summed E-state index contributed by atoms with van der Waals surface area (Å²) in [6, 6.07) is 9.41. The highest BCUT2D eigenvalue weighted by molar-refractivity contribution is 14.0. The number of imidazole rings is 1. The number of aromatic nitrogens is 2. The second-order valence-corrected chi connectivity index (χ2v) is 6.94. The highest BCUT2D eigenvalue weighted by Crippen LogP contribution is 2.15. The van der Waals surface area contributed by atoms with Crippen LogP contribution >= 0.6 is 35.3 Å². The number of halogens is 2. The standard InChI is InChI=1S/C19H22FN5S.HI/c1-21-19(24(2)9-7-16-4-3-11-26-16)23-13-15-5-6-18(17(20)12-15)25-10-8-22-14-25;/h3-6,8,10-12,14H,7,9,13H2,1-2H3,(H,21,23);1H. The number of aliphatic imine (C=N–C) groups is 1. The van der Waals surface area contributed by atoms with Crippen LogP contribution in [0.15, 0.2) is 59.4 Å². The zero-order valence-corrected chi connectivity index (χ0v) is 18.4. The molecular weight excluding hydrogens is 476 g/mol. The van der Waals surface area contributed by atoms with Crippen LogP contribution in [0.1, 0.15) is 10.4 Å². The van der Waals surface area contributed by atoms with Crippen molar-refractivity contribution in [2.45, 2.75) is 13.0 Å². The van der Waals surface area contributed by atoms with Gasteiger partial charge in [0, 0.05) is 44.5 Å². The van der Waals surface area contributed by atoms with E-state index in [0.29, 0.717) is 12.2 Å². The lowest BCUT2D eigenvalue weighted by Crippen LogP contribution is -2.39. The molecule has 0 radical (unpaired) electrons. The number of nitrogens with zero attached hydrogens (tertiary/aromatic N) is 4. The van der Waals surface area contributed by atoms with Gasteiger partial charge in [-0.1, -0.05) is 12.1 Å². The first-order chi connectivity index (χ1) is 12.7. The molecule has 0 aliphatic heterocycles. The second kappa shape index (κ2) is 10.4. The minimum Gasteiger partial charge on any atom is -0.352 e. The Hall–Kier alpha value is -1.94. The second-order valence-electron chi connectivity index (χ2n) is 5.91. The van der Waals surface area contributed by atoms with E-state index in [1.54, 1.807) is 53.8 Å². The van der Waals surface area contributed by atoms with Gasteiger partial charge in [-0.15, -0.1) is 35.3 Å². The highest BCUT2D eigenvalue weighted by Gasteiger charge is 2.09. The zero-order chi connectivity index (χ0) is 18.4. The van der Waals surface area contributed by atoms with E-state index in [1.807, 2.05) is 13.1 Å². The average molecular weight is 499 g/mol. The Kier molecular flexibility index (Phi) is 8.23. The molecule has 27 heavy (non-hydrogen) atoms. The Balaban J connectivity index is 0.00000261. The molecule has 1 aromatic carbocycles. The summed E-state index contributed by atoms with van der Waals surface area (Å²) in [6.45, 7) is 1.38. The minimum atomic E-state index is -0.275. The topological polar surface area (TPSA) is 45.5 Å². The third kappa shape index (κ3) is 5.77. The average Bonchev–Trinajstić information content (AvgIpc) is 3.34. The molecule has 0 bridgehead atoms. The van der Waals surface area contributed by atoms with Gasteiger partial charge in [0.15, 0.2) is 5.96 Å². The van der Waals surface area contributed by atoms with Crippen molar-refractivity contribution in [2.24, 2.45) is 4.99 Å². The Bertz CT molecular complexity index is 849. The number of thiophene rings is 1. The number of guanidine groups is 1. The summed E-state index contributed by atoms with van der Waals surface area (Å²) >= 11 is 1.76. The third-order valence-electron chi connectivity index (χ3n) is 4.09. The summed E-state index contributed by atoms with van der Waals surface area (Å²) in [5.74, 6) is 0.518. The Morgan fingerprint density at radius 2 is 2.22 bits per heavy atom. The number of hydrogen-bond acceptors (Lipinski definition) is 3. The van der Waals surface area contributed by atoms with Gasteiger partial charge in [0.1, 0.15) is 5.82 Å². The lowest BCUT2D eigenvalue weighted by Gasteiger charge is -2.22. The quantitative estimate of drug-likeness (QED) is 0.318. The van der Waals surface area contributed by atoms with Crippen molar-refractivity contribution in [3.8, 4) is 5.69 Å². The molecule has 0 fully saturated rings. The van der Waals surface area contributed by atoms with Gasteiger partial charge in [-0.3, -0.25) is 4.99 Å². The van der Waals surface area contributed by atoms with Crippen LogP contribution in [0.5, 0.6) is 0 Å². The van der Waals surface area contributed by atoms with Gasteiger partial charge in [-0.05, 0) is 35.6 Å². The fourth-order valence-corrected chi connectivity index (χ4v) is 3.37. The summed E-state index contributed by atoms with van der Waals surface area (Å²) in [7, 11) is 3.76. The Labute approximate surface area is 180 Å². The predicted molar refractivity (Wildman–Crippen MR) is 120 cm³/mol. The van der Waals surface area contributed by atoms with E-state index in [0.717, 1.165) is 24.5 Å². The highest BCUT2D eigenvalue weighted by atomic mass is 127. The molecule has 8 heteroatoms. The normalized spacial score (nSPS) is 11.1. The molecule has 2 heterocycles. The molecule has 3 aromatic rings. The first-order valence-electron chi connectivity index (χ1n) is 8.38. The number of hydrogen-bond donors (Lipinski definition) is 1. The van der Waals surface area contributed by atoms with Gasteiger partial charge in [0.2, 0.25) is 0 Å². The van der Waals surface area contributed by atoms with Crippen LogP contribution in [-0.4, -0.2) is 41.1 Å². The van der Waals surface area contributed by atoms with Gasteiger partial charge < -0.3 is 14.8 Å². The van der Waals surface area contributed by atoms with Crippen LogP contribution in [0.2, 0.25) is 0 Å². The van der Waals surface area contributed by atoms with Gasteiger partial charge in [0.05, 0.1) is 12.0 Å². The Morgan fingerprint density at radius 3 is 2.85 bits per heavy atom. The molecule has 0 atom stereocenters. The first-order valence-corrected chi connectivity index (χ1v) is 9.26. The lowest BCUT2D eigenvalue weighted by molar-refractivity contribution is 0.486. The molecule has 2 aromatic heterocycles. The molecule has 1 N–H and O–H groups in total. The maximum absolute atomic E-state index is 14.3.